The van der Waals surface area contributed by atoms with Crippen molar-refractivity contribution in [1.29, 1.82) is 0 Å². The smallest absolute Gasteiger partial charge is 0.272 e. The summed E-state index contributed by atoms with van der Waals surface area (Å²) < 4.78 is 1.67. The minimum absolute atomic E-state index is 0.0264. The van der Waals surface area contributed by atoms with E-state index in [9.17, 15) is 4.79 Å². The highest BCUT2D eigenvalue weighted by Crippen LogP contribution is 2.27. The number of aromatic nitrogens is 2. The fraction of sp³-hybridized carbons (Fsp3) is 0.273. The van der Waals surface area contributed by atoms with Crippen molar-refractivity contribution in [2.45, 2.75) is 6.92 Å². The maximum atomic E-state index is 13.4. The topological polar surface area (TPSA) is 41.4 Å². The fourth-order valence-corrected chi connectivity index (χ4v) is 3.82. The molecule has 1 aromatic heterocycles. The molecule has 150 valence electrons. The van der Waals surface area contributed by atoms with E-state index < -0.39 is 0 Å². The number of amides is 1. The van der Waals surface area contributed by atoms with Crippen molar-refractivity contribution in [3.05, 3.63) is 70.3 Å². The molecule has 0 aliphatic carbocycles. The summed E-state index contributed by atoms with van der Waals surface area (Å²) in [5, 5.41) is 5.62. The largest absolute Gasteiger partial charge is 0.335 e. The predicted molar refractivity (Wildman–Crippen MR) is 117 cm³/mol. The zero-order chi connectivity index (χ0) is 20.4. The summed E-state index contributed by atoms with van der Waals surface area (Å²) in [4.78, 5) is 17.6. The van der Waals surface area contributed by atoms with Crippen LogP contribution in [0.5, 0.6) is 0 Å². The third-order valence-corrected chi connectivity index (χ3v) is 5.99. The number of hydrogen-bond donors (Lipinski definition) is 0. The molecule has 2 heterocycles. The lowest BCUT2D eigenvalue weighted by molar-refractivity contribution is 0.0634. The van der Waals surface area contributed by atoms with E-state index in [0.29, 0.717) is 34.5 Å². The molecule has 4 rings (SSSR count). The monoisotopic (exact) mass is 428 g/mol. The van der Waals surface area contributed by atoms with Crippen LogP contribution in [0.4, 0.5) is 0 Å². The quantitative estimate of drug-likeness (QED) is 0.608. The molecule has 0 bridgehead atoms. The summed E-state index contributed by atoms with van der Waals surface area (Å²) >= 11 is 12.3. The van der Waals surface area contributed by atoms with Gasteiger partial charge in [-0.15, -0.1) is 0 Å². The molecule has 0 unspecified atom stereocenters. The number of carbonyl (C=O) groups excluding carboxylic acids is 1. The van der Waals surface area contributed by atoms with Crippen LogP contribution in [-0.4, -0.2) is 58.2 Å². The van der Waals surface area contributed by atoms with Gasteiger partial charge in [0.25, 0.3) is 5.91 Å². The lowest BCUT2D eigenvalue weighted by Gasteiger charge is -2.34. The van der Waals surface area contributed by atoms with Gasteiger partial charge in [0.1, 0.15) is 5.69 Å². The van der Waals surface area contributed by atoms with Gasteiger partial charge in [0.2, 0.25) is 0 Å². The summed E-state index contributed by atoms with van der Waals surface area (Å²) in [5.74, 6) is -0.0264. The Kier molecular flexibility index (Phi) is 5.90. The van der Waals surface area contributed by atoms with Crippen LogP contribution >= 0.6 is 23.2 Å². The van der Waals surface area contributed by atoms with Crippen molar-refractivity contribution in [2.75, 3.05) is 32.7 Å². The van der Waals surface area contributed by atoms with Gasteiger partial charge in [-0.1, -0.05) is 60.5 Å². The van der Waals surface area contributed by atoms with Gasteiger partial charge in [-0.2, -0.15) is 5.10 Å². The van der Waals surface area contributed by atoms with Crippen LogP contribution in [0.3, 0.4) is 0 Å². The second kappa shape index (κ2) is 8.57. The van der Waals surface area contributed by atoms with Crippen molar-refractivity contribution in [3.8, 4) is 16.9 Å². The second-order valence-corrected chi connectivity index (χ2v) is 7.83. The van der Waals surface area contributed by atoms with Crippen LogP contribution < -0.4 is 0 Å². The first-order chi connectivity index (χ1) is 14.1. The number of carbonyl (C=O) groups is 1. The number of rotatable bonds is 4. The number of benzene rings is 2. The van der Waals surface area contributed by atoms with Gasteiger partial charge in [-0.25, -0.2) is 4.68 Å². The molecule has 3 aromatic rings. The molecular weight excluding hydrogens is 407 g/mol. The lowest BCUT2D eigenvalue weighted by atomic mass is 10.1. The number of piperazine rings is 1. The Hall–Kier alpha value is -2.34. The molecule has 0 N–H and O–H groups in total. The molecule has 1 saturated heterocycles. The van der Waals surface area contributed by atoms with Gasteiger partial charge in [0.15, 0.2) is 0 Å². The van der Waals surface area contributed by atoms with Crippen LogP contribution in [0, 0.1) is 0 Å². The molecule has 29 heavy (non-hydrogen) atoms. The van der Waals surface area contributed by atoms with Crippen molar-refractivity contribution in [3.63, 3.8) is 0 Å². The highest BCUT2D eigenvalue weighted by Gasteiger charge is 2.26. The van der Waals surface area contributed by atoms with E-state index in [1.807, 2.05) is 47.4 Å². The number of nitrogens with zero attached hydrogens (tertiary/aromatic N) is 4. The lowest BCUT2D eigenvalue weighted by Crippen LogP contribution is -2.48. The van der Waals surface area contributed by atoms with Crippen molar-refractivity contribution < 1.29 is 4.79 Å². The van der Waals surface area contributed by atoms with Crippen LogP contribution in [0.25, 0.3) is 16.9 Å². The third kappa shape index (κ3) is 4.17. The second-order valence-electron chi connectivity index (χ2n) is 7.02. The van der Waals surface area contributed by atoms with Gasteiger partial charge < -0.3 is 9.80 Å². The highest BCUT2D eigenvalue weighted by atomic mass is 35.5. The zero-order valence-corrected chi connectivity index (χ0v) is 17.7. The summed E-state index contributed by atoms with van der Waals surface area (Å²) in [6, 6.07) is 17.0. The first-order valence-corrected chi connectivity index (χ1v) is 10.4. The van der Waals surface area contributed by atoms with E-state index in [4.69, 9.17) is 28.3 Å². The average Bonchev–Trinajstić information content (AvgIpc) is 3.21. The predicted octanol–water partition coefficient (Wildman–Crippen LogP) is 4.62. The number of hydrogen-bond acceptors (Lipinski definition) is 3. The van der Waals surface area contributed by atoms with E-state index >= 15 is 0 Å². The van der Waals surface area contributed by atoms with E-state index in [-0.39, 0.29) is 5.91 Å². The van der Waals surface area contributed by atoms with Crippen molar-refractivity contribution in [1.82, 2.24) is 19.6 Å². The molecule has 1 aliphatic heterocycles. The van der Waals surface area contributed by atoms with Crippen LogP contribution in [0.1, 0.15) is 17.4 Å². The first-order valence-electron chi connectivity index (χ1n) is 9.69. The normalized spacial score (nSPS) is 14.9. The molecule has 1 amide bonds. The molecule has 0 saturated carbocycles. The molecule has 0 spiro atoms. The van der Waals surface area contributed by atoms with Gasteiger partial charge in [0, 0.05) is 31.7 Å². The molecular formula is C22H22Cl2N4O. The van der Waals surface area contributed by atoms with Gasteiger partial charge in [-0.3, -0.25) is 4.79 Å². The number of likely N-dealkylation sites (N-methyl/N-ethyl adjacent to an activating group) is 1. The maximum Gasteiger partial charge on any atom is 0.272 e. The zero-order valence-electron chi connectivity index (χ0n) is 16.2. The van der Waals surface area contributed by atoms with Crippen LogP contribution in [-0.2, 0) is 0 Å². The molecule has 2 aromatic carbocycles. The van der Waals surface area contributed by atoms with Crippen molar-refractivity contribution in [2.24, 2.45) is 0 Å². The first kappa shape index (κ1) is 20.0. The van der Waals surface area contributed by atoms with E-state index in [2.05, 4.69) is 11.8 Å². The Morgan fingerprint density at radius 1 is 0.966 bits per heavy atom. The van der Waals surface area contributed by atoms with Gasteiger partial charge in [-0.05, 0) is 30.8 Å². The minimum Gasteiger partial charge on any atom is -0.335 e. The summed E-state index contributed by atoms with van der Waals surface area (Å²) in [6.45, 7) is 6.33. The Morgan fingerprint density at radius 2 is 1.69 bits per heavy atom. The summed E-state index contributed by atoms with van der Waals surface area (Å²) in [7, 11) is 0. The molecule has 1 fully saturated rings. The van der Waals surface area contributed by atoms with E-state index in [1.54, 1.807) is 16.8 Å². The van der Waals surface area contributed by atoms with Gasteiger partial charge >= 0.3 is 0 Å². The number of halogens is 2. The Balaban J connectivity index is 1.74. The minimum atomic E-state index is -0.0264. The van der Waals surface area contributed by atoms with E-state index in [1.165, 1.54) is 0 Å². The molecule has 7 heteroatoms. The summed E-state index contributed by atoms with van der Waals surface area (Å²) in [5.41, 5.74) is 2.92. The standard InChI is InChI=1S/C22H22Cl2N4O/c1-2-26-10-12-27(13-11-26)22(29)21-15-20(16-6-4-3-5-7-16)25-28(21)17-8-9-18(23)19(24)14-17/h3-9,14-15H,2,10-13H2,1H3. The van der Waals surface area contributed by atoms with E-state index in [0.717, 1.165) is 30.9 Å². The van der Waals surface area contributed by atoms with Crippen molar-refractivity contribution >= 4 is 29.1 Å². The highest BCUT2D eigenvalue weighted by molar-refractivity contribution is 6.42. The van der Waals surface area contributed by atoms with Gasteiger partial charge in [0.05, 0.1) is 21.4 Å². The molecule has 0 radical (unpaired) electrons. The van der Waals surface area contributed by atoms with Crippen LogP contribution in [0.15, 0.2) is 54.6 Å². The Morgan fingerprint density at radius 3 is 2.34 bits per heavy atom. The SMILES string of the molecule is CCN1CCN(C(=O)c2cc(-c3ccccc3)nn2-c2ccc(Cl)c(Cl)c2)CC1. The maximum absolute atomic E-state index is 13.4. The Bertz CT molecular complexity index is 1010. The molecule has 1 aliphatic rings. The summed E-state index contributed by atoms with van der Waals surface area (Å²) in [6.07, 6.45) is 0. The third-order valence-electron chi connectivity index (χ3n) is 5.25. The molecule has 5 nitrogen and oxygen atoms in total. The molecule has 0 atom stereocenters. The average molecular weight is 429 g/mol. The Labute approximate surface area is 180 Å². The fourth-order valence-electron chi connectivity index (χ4n) is 3.53. The van der Waals surface area contributed by atoms with Crippen LogP contribution in [0.2, 0.25) is 10.0 Å².